The summed E-state index contributed by atoms with van der Waals surface area (Å²) >= 11 is 3.43. The molecule has 1 fully saturated rings. The smallest absolute Gasteiger partial charge is 0.266 e. The topological polar surface area (TPSA) is 63.1 Å². The van der Waals surface area contributed by atoms with Gasteiger partial charge in [-0.05, 0) is 24.3 Å². The Morgan fingerprint density at radius 3 is 2.58 bits per heavy atom. The number of fused-ring (bicyclic) bond motifs is 1. The predicted octanol–water partition coefficient (Wildman–Crippen LogP) is 2.27. The minimum atomic E-state index is 0.461. The zero-order valence-corrected chi connectivity index (χ0v) is 14.7. The van der Waals surface area contributed by atoms with E-state index in [1.54, 1.807) is 5.01 Å². The van der Waals surface area contributed by atoms with Crippen LogP contribution >= 0.6 is 15.9 Å². The van der Waals surface area contributed by atoms with Crippen LogP contribution in [0.1, 0.15) is 5.56 Å². The third-order valence-electron chi connectivity index (χ3n) is 3.94. The van der Waals surface area contributed by atoms with Gasteiger partial charge in [0.2, 0.25) is 5.90 Å². The van der Waals surface area contributed by atoms with Gasteiger partial charge in [0.25, 0.3) is 5.88 Å². The fraction of sp³-hybridized carbons (Fsp3) is 0.312. The molecule has 2 aromatic rings. The zero-order chi connectivity index (χ0) is 16.5. The lowest BCUT2D eigenvalue weighted by Gasteiger charge is -2.29. The molecular weight excluding hydrogens is 374 g/mol. The second-order valence-electron chi connectivity index (χ2n) is 5.53. The van der Waals surface area contributed by atoms with Crippen LogP contribution < -0.4 is 14.6 Å². The van der Waals surface area contributed by atoms with E-state index in [1.807, 2.05) is 37.4 Å². The molecule has 0 spiro atoms. The van der Waals surface area contributed by atoms with Gasteiger partial charge in [-0.1, -0.05) is 15.9 Å². The van der Waals surface area contributed by atoms with Crippen LogP contribution in [0.4, 0.5) is 11.5 Å². The van der Waals surface area contributed by atoms with Crippen LogP contribution in [-0.4, -0.2) is 49.4 Å². The van der Waals surface area contributed by atoms with Gasteiger partial charge in [-0.3, -0.25) is 5.01 Å². The third kappa shape index (κ3) is 2.94. The number of hydrogen-bond donors (Lipinski definition) is 0. The van der Waals surface area contributed by atoms with Gasteiger partial charge in [0.15, 0.2) is 5.82 Å². The number of ether oxygens (including phenoxy) is 2. The molecule has 0 radical (unpaired) electrons. The van der Waals surface area contributed by atoms with Crippen molar-refractivity contribution in [1.82, 2.24) is 10.2 Å². The van der Waals surface area contributed by atoms with Crippen molar-refractivity contribution in [2.45, 2.75) is 0 Å². The van der Waals surface area contributed by atoms with E-state index < -0.39 is 0 Å². The normalized spacial score (nSPS) is 17.2. The highest BCUT2D eigenvalue weighted by Crippen LogP contribution is 2.32. The first kappa shape index (κ1) is 15.3. The van der Waals surface area contributed by atoms with E-state index in [2.05, 4.69) is 36.1 Å². The summed E-state index contributed by atoms with van der Waals surface area (Å²) in [5.74, 6) is 1.78. The molecule has 0 saturated carbocycles. The van der Waals surface area contributed by atoms with E-state index >= 15 is 0 Å². The lowest BCUT2D eigenvalue weighted by atomic mass is 10.2. The largest absolute Gasteiger partial charge is 0.415 e. The van der Waals surface area contributed by atoms with Crippen molar-refractivity contribution in [2.75, 3.05) is 43.3 Å². The second-order valence-corrected chi connectivity index (χ2v) is 6.45. The van der Waals surface area contributed by atoms with E-state index in [4.69, 9.17) is 9.47 Å². The minimum Gasteiger partial charge on any atom is -0.415 e. The lowest BCUT2D eigenvalue weighted by molar-refractivity contribution is 0.122. The van der Waals surface area contributed by atoms with Crippen LogP contribution in [0.5, 0.6) is 5.88 Å². The van der Waals surface area contributed by atoms with Gasteiger partial charge in [-0.25, -0.2) is 0 Å². The summed E-state index contributed by atoms with van der Waals surface area (Å²) < 4.78 is 12.2. The van der Waals surface area contributed by atoms with Crippen molar-refractivity contribution >= 4 is 33.3 Å². The summed E-state index contributed by atoms with van der Waals surface area (Å²) in [4.78, 5) is 2.15. The maximum Gasteiger partial charge on any atom is 0.266 e. The summed E-state index contributed by atoms with van der Waals surface area (Å²) in [5, 5.41) is 14.8. The molecule has 1 aromatic heterocycles. The van der Waals surface area contributed by atoms with Crippen LogP contribution in [0.25, 0.3) is 0 Å². The number of nitrogens with zero attached hydrogens (tertiary/aromatic N) is 5. The molecule has 0 bridgehead atoms. The predicted molar refractivity (Wildman–Crippen MR) is 94.8 cm³/mol. The van der Waals surface area contributed by atoms with Gasteiger partial charge < -0.3 is 14.4 Å². The molecule has 3 heterocycles. The van der Waals surface area contributed by atoms with Crippen molar-refractivity contribution in [1.29, 1.82) is 0 Å². The third-order valence-corrected chi connectivity index (χ3v) is 4.47. The molecule has 124 valence electrons. The molecular formula is C16H16BrN5O2. The summed E-state index contributed by atoms with van der Waals surface area (Å²) in [6.45, 7) is 3.03. The number of rotatable bonds is 2. The van der Waals surface area contributed by atoms with Crippen molar-refractivity contribution in [2.24, 2.45) is 5.10 Å². The highest BCUT2D eigenvalue weighted by atomic mass is 79.9. The number of anilines is 2. The zero-order valence-electron chi connectivity index (χ0n) is 13.1. The average Bonchev–Trinajstić information content (AvgIpc) is 2.63. The molecule has 1 aromatic carbocycles. The quantitative estimate of drug-likeness (QED) is 0.784. The van der Waals surface area contributed by atoms with Crippen LogP contribution in [0.2, 0.25) is 0 Å². The van der Waals surface area contributed by atoms with Gasteiger partial charge in [-0.15, -0.1) is 15.3 Å². The Bertz CT molecular complexity index is 775. The Balaban J connectivity index is 1.62. The SMILES string of the molecule is CN1N=C(c2ccc(Br)cc2)Oc2nnc(N3CCOCC3)cc21. The molecule has 2 aliphatic heterocycles. The number of benzene rings is 1. The molecule has 0 unspecified atom stereocenters. The number of halogens is 1. The fourth-order valence-electron chi connectivity index (χ4n) is 2.62. The number of morpholine rings is 1. The summed E-state index contributed by atoms with van der Waals surface area (Å²) in [6.07, 6.45) is 0. The summed E-state index contributed by atoms with van der Waals surface area (Å²) in [7, 11) is 1.88. The van der Waals surface area contributed by atoms with Gasteiger partial charge in [0.1, 0.15) is 5.69 Å². The van der Waals surface area contributed by atoms with Crippen molar-refractivity contribution in [3.63, 3.8) is 0 Å². The van der Waals surface area contributed by atoms with Gasteiger partial charge in [0.05, 0.1) is 13.2 Å². The van der Waals surface area contributed by atoms with Crippen LogP contribution in [0.3, 0.4) is 0 Å². The number of aromatic nitrogens is 2. The molecule has 0 aliphatic carbocycles. The van der Waals surface area contributed by atoms with E-state index in [1.165, 1.54) is 0 Å². The Morgan fingerprint density at radius 2 is 1.83 bits per heavy atom. The van der Waals surface area contributed by atoms with Gasteiger partial charge in [0, 0.05) is 36.2 Å². The highest BCUT2D eigenvalue weighted by molar-refractivity contribution is 9.10. The molecule has 4 rings (SSSR count). The summed E-state index contributed by atoms with van der Waals surface area (Å²) in [6, 6.07) is 9.73. The van der Waals surface area contributed by atoms with Crippen molar-refractivity contribution in [3.8, 4) is 5.88 Å². The molecule has 0 N–H and O–H groups in total. The molecule has 8 heteroatoms. The van der Waals surface area contributed by atoms with Gasteiger partial charge in [-0.2, -0.15) is 0 Å². The van der Waals surface area contributed by atoms with E-state index in [0.717, 1.165) is 34.6 Å². The Hall–Kier alpha value is -2.19. The van der Waals surface area contributed by atoms with Crippen LogP contribution in [-0.2, 0) is 4.74 Å². The first-order valence-electron chi connectivity index (χ1n) is 7.67. The van der Waals surface area contributed by atoms with Crippen molar-refractivity contribution < 1.29 is 9.47 Å². The lowest BCUT2D eigenvalue weighted by Crippen LogP contribution is -2.37. The van der Waals surface area contributed by atoms with Gasteiger partial charge >= 0.3 is 0 Å². The molecule has 2 aliphatic rings. The second kappa shape index (κ2) is 6.37. The Morgan fingerprint density at radius 1 is 1.08 bits per heavy atom. The Labute approximate surface area is 148 Å². The maximum atomic E-state index is 5.85. The first-order chi connectivity index (χ1) is 11.7. The molecule has 1 saturated heterocycles. The van der Waals surface area contributed by atoms with Crippen LogP contribution in [0, 0.1) is 0 Å². The standard InChI is InChI=1S/C16H16BrN5O2/c1-21-13-10-14(22-6-8-23-9-7-22)18-19-16(13)24-15(20-21)11-2-4-12(17)5-3-11/h2-5,10H,6-9H2,1H3. The van der Waals surface area contributed by atoms with Crippen LogP contribution in [0.15, 0.2) is 39.9 Å². The van der Waals surface area contributed by atoms with E-state index in [9.17, 15) is 0 Å². The Kier molecular flexibility index (Phi) is 4.07. The molecule has 0 atom stereocenters. The van der Waals surface area contributed by atoms with E-state index in [0.29, 0.717) is 25.0 Å². The summed E-state index contributed by atoms with van der Waals surface area (Å²) in [5.41, 5.74) is 1.68. The fourth-order valence-corrected chi connectivity index (χ4v) is 2.89. The maximum absolute atomic E-state index is 5.85. The van der Waals surface area contributed by atoms with Crippen molar-refractivity contribution in [3.05, 3.63) is 40.4 Å². The monoisotopic (exact) mass is 389 g/mol. The van der Waals surface area contributed by atoms with E-state index in [-0.39, 0.29) is 0 Å². The highest BCUT2D eigenvalue weighted by Gasteiger charge is 2.24. The molecule has 7 nitrogen and oxygen atoms in total. The first-order valence-corrected chi connectivity index (χ1v) is 8.46. The minimum absolute atomic E-state index is 0.461. The molecule has 24 heavy (non-hydrogen) atoms. The average molecular weight is 390 g/mol. The number of hydrogen-bond acceptors (Lipinski definition) is 7. The number of hydrazone groups is 1. The molecule has 0 amide bonds.